The zero-order valence-corrected chi connectivity index (χ0v) is 5.22. The van der Waals surface area contributed by atoms with Gasteiger partial charge >= 0.3 is 0 Å². The van der Waals surface area contributed by atoms with Gasteiger partial charge in [0.2, 0.25) is 0 Å². The Bertz CT molecular complexity index is 84.5. The van der Waals surface area contributed by atoms with E-state index in [4.69, 9.17) is 0 Å². The Balaban J connectivity index is 2.11. The summed E-state index contributed by atoms with van der Waals surface area (Å²) in [6.45, 7) is 5.90. The van der Waals surface area contributed by atoms with Gasteiger partial charge in [0.05, 0.1) is 0 Å². The molecule has 8 heavy (non-hydrogen) atoms. The molecule has 2 nitrogen and oxygen atoms in total. The maximum atomic E-state index is 3.65. The summed E-state index contributed by atoms with van der Waals surface area (Å²) in [6, 6.07) is 0.702. The third-order valence-electron chi connectivity index (χ3n) is 1.58. The minimum atomic E-state index is 0.702. The first-order valence-corrected chi connectivity index (χ1v) is 2.90. The standard InChI is InChI=1S/C6H12N2/c1-3-8-4-6(5-8)7-2/h3,6-7H,1,4-5H2,2H3. The van der Waals surface area contributed by atoms with Crippen molar-refractivity contribution in [1.82, 2.24) is 10.2 Å². The van der Waals surface area contributed by atoms with E-state index in [0.717, 1.165) is 13.1 Å². The van der Waals surface area contributed by atoms with Gasteiger partial charge in [-0.1, -0.05) is 6.58 Å². The summed E-state index contributed by atoms with van der Waals surface area (Å²) in [6.07, 6.45) is 1.88. The van der Waals surface area contributed by atoms with E-state index in [1.807, 2.05) is 13.2 Å². The maximum absolute atomic E-state index is 3.65. The van der Waals surface area contributed by atoms with Gasteiger partial charge in [0.1, 0.15) is 0 Å². The third-order valence-corrected chi connectivity index (χ3v) is 1.58. The summed E-state index contributed by atoms with van der Waals surface area (Å²) >= 11 is 0. The van der Waals surface area contributed by atoms with E-state index in [0.29, 0.717) is 6.04 Å². The molecule has 1 aliphatic heterocycles. The molecule has 1 aliphatic rings. The molecule has 0 bridgehead atoms. The summed E-state index contributed by atoms with van der Waals surface area (Å²) in [7, 11) is 1.99. The highest BCUT2D eigenvalue weighted by Gasteiger charge is 2.20. The molecule has 1 fully saturated rings. The average molecular weight is 112 g/mol. The molecule has 0 saturated carbocycles. The Kier molecular flexibility index (Phi) is 1.53. The van der Waals surface area contributed by atoms with Crippen LogP contribution in [0.3, 0.4) is 0 Å². The molecule has 0 aromatic rings. The first kappa shape index (κ1) is 5.63. The van der Waals surface area contributed by atoms with Gasteiger partial charge in [0, 0.05) is 19.1 Å². The van der Waals surface area contributed by atoms with E-state index >= 15 is 0 Å². The quantitative estimate of drug-likeness (QED) is 0.542. The molecule has 1 saturated heterocycles. The Hall–Kier alpha value is -0.500. The molecule has 0 aromatic carbocycles. The van der Waals surface area contributed by atoms with Crippen LogP contribution in [0.4, 0.5) is 0 Å². The molecule has 0 unspecified atom stereocenters. The molecular formula is C6H12N2. The van der Waals surface area contributed by atoms with Crippen LogP contribution in [0.2, 0.25) is 0 Å². The van der Waals surface area contributed by atoms with Crippen molar-refractivity contribution in [3.63, 3.8) is 0 Å². The van der Waals surface area contributed by atoms with Gasteiger partial charge < -0.3 is 10.2 Å². The van der Waals surface area contributed by atoms with Crippen molar-refractivity contribution in [3.8, 4) is 0 Å². The van der Waals surface area contributed by atoms with Crippen LogP contribution in [0.15, 0.2) is 12.8 Å². The van der Waals surface area contributed by atoms with Crippen molar-refractivity contribution >= 4 is 0 Å². The van der Waals surface area contributed by atoms with Crippen molar-refractivity contribution in [2.75, 3.05) is 20.1 Å². The van der Waals surface area contributed by atoms with Gasteiger partial charge in [0.15, 0.2) is 0 Å². The SMILES string of the molecule is C=CN1CC(NC)C1. The number of likely N-dealkylation sites (N-methyl/N-ethyl adjacent to an activating group) is 1. The lowest BCUT2D eigenvalue weighted by atomic mass is 10.1. The molecular weight excluding hydrogens is 100 g/mol. The largest absolute Gasteiger partial charge is 0.375 e. The molecule has 0 spiro atoms. The highest BCUT2D eigenvalue weighted by molar-refractivity contribution is 4.89. The summed E-state index contributed by atoms with van der Waals surface area (Å²) in [5, 5.41) is 3.18. The van der Waals surface area contributed by atoms with E-state index in [-0.39, 0.29) is 0 Å². The third kappa shape index (κ3) is 0.842. The van der Waals surface area contributed by atoms with E-state index < -0.39 is 0 Å². The second kappa shape index (κ2) is 2.18. The van der Waals surface area contributed by atoms with E-state index in [1.165, 1.54) is 0 Å². The van der Waals surface area contributed by atoms with Gasteiger partial charge in [-0.15, -0.1) is 0 Å². The van der Waals surface area contributed by atoms with Crippen LogP contribution < -0.4 is 5.32 Å². The second-order valence-electron chi connectivity index (χ2n) is 2.12. The first-order valence-electron chi connectivity index (χ1n) is 2.90. The van der Waals surface area contributed by atoms with Crippen LogP contribution in [-0.4, -0.2) is 31.1 Å². The molecule has 0 radical (unpaired) electrons. The van der Waals surface area contributed by atoms with Crippen molar-refractivity contribution in [2.45, 2.75) is 6.04 Å². The van der Waals surface area contributed by atoms with Gasteiger partial charge in [-0.3, -0.25) is 0 Å². The Morgan fingerprint density at radius 3 is 2.75 bits per heavy atom. The lowest BCUT2D eigenvalue weighted by molar-refractivity contribution is 0.197. The lowest BCUT2D eigenvalue weighted by Gasteiger charge is -2.37. The van der Waals surface area contributed by atoms with Crippen molar-refractivity contribution in [2.24, 2.45) is 0 Å². The molecule has 0 aliphatic carbocycles. The van der Waals surface area contributed by atoms with Crippen LogP contribution in [0, 0.1) is 0 Å². The van der Waals surface area contributed by atoms with E-state index in [2.05, 4.69) is 16.8 Å². The summed E-state index contributed by atoms with van der Waals surface area (Å²) in [5.74, 6) is 0. The fraction of sp³-hybridized carbons (Fsp3) is 0.667. The fourth-order valence-electron chi connectivity index (χ4n) is 0.844. The number of nitrogens with one attached hydrogen (secondary N) is 1. The molecule has 2 heteroatoms. The maximum Gasteiger partial charge on any atom is 0.0417 e. The minimum absolute atomic E-state index is 0.702. The van der Waals surface area contributed by atoms with Gasteiger partial charge in [-0.05, 0) is 13.2 Å². The first-order chi connectivity index (χ1) is 3.86. The molecule has 1 rings (SSSR count). The van der Waals surface area contributed by atoms with Crippen LogP contribution >= 0.6 is 0 Å². The summed E-state index contributed by atoms with van der Waals surface area (Å²) in [5.41, 5.74) is 0. The zero-order valence-electron chi connectivity index (χ0n) is 5.22. The van der Waals surface area contributed by atoms with Crippen LogP contribution in [0.5, 0.6) is 0 Å². The van der Waals surface area contributed by atoms with Crippen LogP contribution in [0.1, 0.15) is 0 Å². The number of hydrogen-bond acceptors (Lipinski definition) is 2. The highest BCUT2D eigenvalue weighted by Crippen LogP contribution is 2.05. The molecule has 0 atom stereocenters. The van der Waals surface area contributed by atoms with Crippen molar-refractivity contribution < 1.29 is 0 Å². The normalized spacial score (nSPS) is 20.4. The van der Waals surface area contributed by atoms with E-state index in [9.17, 15) is 0 Å². The number of hydrogen-bond donors (Lipinski definition) is 1. The predicted molar refractivity (Wildman–Crippen MR) is 34.6 cm³/mol. The Morgan fingerprint density at radius 2 is 2.38 bits per heavy atom. The van der Waals surface area contributed by atoms with Crippen LogP contribution in [0.25, 0.3) is 0 Å². The van der Waals surface area contributed by atoms with Gasteiger partial charge in [-0.25, -0.2) is 0 Å². The predicted octanol–water partition coefficient (Wildman–Crippen LogP) is 0.0335. The average Bonchev–Trinajstić information content (AvgIpc) is 1.65. The minimum Gasteiger partial charge on any atom is -0.375 e. The topological polar surface area (TPSA) is 15.3 Å². The van der Waals surface area contributed by atoms with Gasteiger partial charge in [-0.2, -0.15) is 0 Å². The monoisotopic (exact) mass is 112 g/mol. The number of nitrogens with zero attached hydrogens (tertiary/aromatic N) is 1. The smallest absolute Gasteiger partial charge is 0.0417 e. The Morgan fingerprint density at radius 1 is 1.75 bits per heavy atom. The number of likely N-dealkylation sites (tertiary alicyclic amines) is 1. The molecule has 0 aromatic heterocycles. The second-order valence-corrected chi connectivity index (χ2v) is 2.12. The van der Waals surface area contributed by atoms with Crippen LogP contribution in [-0.2, 0) is 0 Å². The van der Waals surface area contributed by atoms with E-state index in [1.54, 1.807) is 0 Å². The molecule has 1 N–H and O–H groups in total. The van der Waals surface area contributed by atoms with Gasteiger partial charge in [0.25, 0.3) is 0 Å². The lowest BCUT2D eigenvalue weighted by Crippen LogP contribution is -2.54. The number of rotatable bonds is 2. The Labute approximate surface area is 50.2 Å². The zero-order chi connectivity index (χ0) is 5.98. The molecule has 1 heterocycles. The molecule has 0 amide bonds. The molecule has 46 valence electrons. The summed E-state index contributed by atoms with van der Waals surface area (Å²) in [4.78, 5) is 2.18. The van der Waals surface area contributed by atoms with Crippen molar-refractivity contribution in [1.29, 1.82) is 0 Å². The van der Waals surface area contributed by atoms with Crippen molar-refractivity contribution in [3.05, 3.63) is 12.8 Å². The highest BCUT2D eigenvalue weighted by atomic mass is 15.2. The fourth-order valence-corrected chi connectivity index (χ4v) is 0.844. The summed E-state index contributed by atoms with van der Waals surface area (Å²) < 4.78 is 0.